The number of nitrogens with zero attached hydrogens (tertiary/aromatic N) is 2. The minimum absolute atomic E-state index is 0.525. The zero-order chi connectivity index (χ0) is 13.2. The van der Waals surface area contributed by atoms with Crippen LogP contribution in [0.5, 0.6) is 0 Å². The third-order valence-electron chi connectivity index (χ3n) is 2.73. The van der Waals surface area contributed by atoms with Gasteiger partial charge in [-0.3, -0.25) is 4.98 Å². The van der Waals surface area contributed by atoms with Gasteiger partial charge in [0.1, 0.15) is 11.8 Å². The Kier molecular flexibility index (Phi) is 2.69. The van der Waals surface area contributed by atoms with E-state index in [2.05, 4.69) is 4.98 Å². The fraction of sp³-hybridized carbons (Fsp3) is 0. The Morgan fingerprint density at radius 1 is 0.947 bits per heavy atom. The molecule has 0 amide bonds. The van der Waals surface area contributed by atoms with Crippen LogP contribution in [-0.2, 0) is 0 Å². The van der Waals surface area contributed by atoms with Crippen molar-refractivity contribution < 1.29 is 8.83 Å². The number of furan rings is 2. The van der Waals surface area contributed by atoms with Gasteiger partial charge in [-0.1, -0.05) is 0 Å². The van der Waals surface area contributed by atoms with Gasteiger partial charge in [-0.2, -0.15) is 5.26 Å². The van der Waals surface area contributed by atoms with E-state index in [0.29, 0.717) is 28.5 Å². The van der Waals surface area contributed by atoms with Crippen LogP contribution < -0.4 is 5.66 Å². The smallest absolute Gasteiger partial charge is 0.186 e. The Morgan fingerprint density at radius 3 is 2.32 bits per heavy atom. The summed E-state index contributed by atoms with van der Waals surface area (Å²) in [5.41, 5.74) is 2.05. The van der Waals surface area contributed by atoms with Crippen molar-refractivity contribution in [1.29, 1.82) is 5.26 Å². The minimum Gasteiger partial charge on any atom is -0.469 e. The summed E-state index contributed by atoms with van der Waals surface area (Å²) in [4.78, 5) is 4.19. The van der Waals surface area contributed by atoms with Crippen LogP contribution >= 0.6 is 0 Å². The predicted molar refractivity (Wildman–Crippen MR) is 72.5 cm³/mol. The molecule has 0 radical (unpaired) electrons. The standard InChI is InChI=1S/C14H9BN2O2/c15-14-6-5-13(19-14)12-4-3-11(18-12)10-2-1-9(7-16)8-17-10/h1-6,8H,15H2. The topological polar surface area (TPSA) is 63.0 Å². The molecule has 3 aromatic rings. The van der Waals surface area contributed by atoms with Gasteiger partial charge in [0.05, 0.1) is 11.2 Å². The summed E-state index contributed by atoms with van der Waals surface area (Å²) in [5, 5.41) is 8.73. The Balaban J connectivity index is 1.94. The van der Waals surface area contributed by atoms with E-state index >= 15 is 0 Å². The molecule has 0 saturated carbocycles. The number of nitriles is 1. The monoisotopic (exact) mass is 248 g/mol. The maximum Gasteiger partial charge on any atom is 0.186 e. The van der Waals surface area contributed by atoms with Crippen LogP contribution in [0.3, 0.4) is 0 Å². The molecule has 90 valence electrons. The highest BCUT2D eigenvalue weighted by molar-refractivity contribution is 6.29. The molecule has 19 heavy (non-hydrogen) atoms. The third kappa shape index (κ3) is 2.16. The van der Waals surface area contributed by atoms with Gasteiger partial charge in [0.25, 0.3) is 0 Å². The van der Waals surface area contributed by atoms with E-state index < -0.39 is 0 Å². The number of hydrogen-bond acceptors (Lipinski definition) is 4. The Bertz CT molecular complexity index is 750. The quantitative estimate of drug-likeness (QED) is 0.648. The molecular weight excluding hydrogens is 239 g/mol. The lowest BCUT2D eigenvalue weighted by Crippen LogP contribution is -1.93. The van der Waals surface area contributed by atoms with Gasteiger partial charge in [0.2, 0.25) is 0 Å². The summed E-state index contributed by atoms with van der Waals surface area (Å²) in [6.45, 7) is 0. The van der Waals surface area contributed by atoms with Gasteiger partial charge in [0, 0.05) is 6.20 Å². The zero-order valence-electron chi connectivity index (χ0n) is 10.3. The second kappa shape index (κ2) is 4.50. The number of aromatic nitrogens is 1. The van der Waals surface area contributed by atoms with Crippen LogP contribution in [0.2, 0.25) is 0 Å². The molecule has 0 spiro atoms. The van der Waals surface area contributed by atoms with Gasteiger partial charge in [0.15, 0.2) is 25.1 Å². The molecule has 0 aromatic carbocycles. The number of rotatable bonds is 2. The van der Waals surface area contributed by atoms with E-state index in [-0.39, 0.29) is 0 Å². The maximum absolute atomic E-state index is 8.73. The van der Waals surface area contributed by atoms with Crippen LogP contribution in [0.4, 0.5) is 0 Å². The van der Waals surface area contributed by atoms with Gasteiger partial charge in [-0.05, 0) is 36.4 Å². The van der Waals surface area contributed by atoms with Crippen molar-refractivity contribution in [3.05, 3.63) is 48.2 Å². The molecule has 0 saturated heterocycles. The van der Waals surface area contributed by atoms with Crippen molar-refractivity contribution in [3.63, 3.8) is 0 Å². The summed E-state index contributed by atoms with van der Waals surface area (Å²) in [6, 6.07) is 12.9. The van der Waals surface area contributed by atoms with Crippen molar-refractivity contribution >= 4 is 13.5 Å². The van der Waals surface area contributed by atoms with E-state index in [0.717, 1.165) is 5.66 Å². The van der Waals surface area contributed by atoms with Gasteiger partial charge in [-0.15, -0.1) is 0 Å². The van der Waals surface area contributed by atoms with Crippen molar-refractivity contribution in [1.82, 2.24) is 4.98 Å². The number of pyridine rings is 1. The molecule has 0 atom stereocenters. The van der Waals surface area contributed by atoms with Crippen LogP contribution in [0.15, 0.2) is 51.4 Å². The van der Waals surface area contributed by atoms with E-state index in [4.69, 9.17) is 14.1 Å². The van der Waals surface area contributed by atoms with Crippen molar-refractivity contribution in [3.8, 4) is 29.0 Å². The lowest BCUT2D eigenvalue weighted by Gasteiger charge is -1.96. The largest absolute Gasteiger partial charge is 0.469 e. The third-order valence-corrected chi connectivity index (χ3v) is 2.73. The average molecular weight is 248 g/mol. The van der Waals surface area contributed by atoms with Gasteiger partial charge >= 0.3 is 0 Å². The number of hydrogen-bond donors (Lipinski definition) is 0. The highest BCUT2D eigenvalue weighted by Crippen LogP contribution is 2.27. The first kappa shape index (κ1) is 11.4. The molecular formula is C14H9BN2O2. The van der Waals surface area contributed by atoms with Crippen LogP contribution in [0, 0.1) is 11.3 Å². The Labute approximate surface area is 110 Å². The molecule has 4 nitrogen and oxygen atoms in total. The predicted octanol–water partition coefficient (Wildman–Crippen LogP) is 1.73. The molecule has 5 heteroatoms. The first-order valence-corrected chi connectivity index (χ1v) is 5.79. The molecule has 0 aliphatic heterocycles. The van der Waals surface area contributed by atoms with Crippen molar-refractivity contribution in [2.24, 2.45) is 0 Å². The molecule has 0 N–H and O–H groups in total. The van der Waals surface area contributed by atoms with Crippen molar-refractivity contribution in [2.75, 3.05) is 0 Å². The summed E-state index contributed by atoms with van der Waals surface area (Å²) in [7, 11) is 1.88. The molecule has 0 fully saturated rings. The van der Waals surface area contributed by atoms with Crippen LogP contribution in [-0.4, -0.2) is 12.8 Å². The second-order valence-electron chi connectivity index (χ2n) is 4.12. The normalized spacial score (nSPS) is 10.3. The van der Waals surface area contributed by atoms with E-state index in [9.17, 15) is 0 Å². The highest BCUT2D eigenvalue weighted by Gasteiger charge is 2.10. The molecule has 3 heterocycles. The molecule has 3 rings (SSSR count). The van der Waals surface area contributed by atoms with Crippen molar-refractivity contribution in [2.45, 2.75) is 0 Å². The molecule has 0 bridgehead atoms. The van der Waals surface area contributed by atoms with E-state index in [1.807, 2.05) is 38.2 Å². The molecule has 3 aromatic heterocycles. The maximum atomic E-state index is 8.73. The van der Waals surface area contributed by atoms with Crippen LogP contribution in [0.1, 0.15) is 5.56 Å². The average Bonchev–Trinajstić information content (AvgIpc) is 3.07. The van der Waals surface area contributed by atoms with E-state index in [1.54, 1.807) is 12.1 Å². The lowest BCUT2D eigenvalue weighted by atomic mass is 10.1. The summed E-state index contributed by atoms with van der Waals surface area (Å²) in [5.74, 6) is 2.00. The fourth-order valence-electron chi connectivity index (χ4n) is 1.78. The molecule has 0 aliphatic carbocycles. The Morgan fingerprint density at radius 2 is 1.68 bits per heavy atom. The highest BCUT2D eigenvalue weighted by atomic mass is 16.4. The first-order valence-electron chi connectivity index (χ1n) is 5.79. The SMILES string of the molecule is Bc1ccc(-c2ccc(-c3ccc(C#N)cn3)o2)o1. The van der Waals surface area contributed by atoms with Gasteiger partial charge < -0.3 is 8.83 Å². The summed E-state index contributed by atoms with van der Waals surface area (Å²) >= 11 is 0. The summed E-state index contributed by atoms with van der Waals surface area (Å²) < 4.78 is 11.2. The summed E-state index contributed by atoms with van der Waals surface area (Å²) in [6.07, 6.45) is 1.52. The first-order chi connectivity index (χ1) is 9.26. The lowest BCUT2D eigenvalue weighted by molar-refractivity contribution is 0.546. The Hall–Kier alpha value is -2.74. The zero-order valence-corrected chi connectivity index (χ0v) is 10.3. The van der Waals surface area contributed by atoms with Crippen LogP contribution in [0.25, 0.3) is 23.0 Å². The minimum atomic E-state index is 0.525. The fourth-order valence-corrected chi connectivity index (χ4v) is 1.78. The molecule has 0 unspecified atom stereocenters. The van der Waals surface area contributed by atoms with Gasteiger partial charge in [-0.25, -0.2) is 0 Å². The second-order valence-corrected chi connectivity index (χ2v) is 4.12. The van der Waals surface area contributed by atoms with E-state index in [1.165, 1.54) is 6.20 Å². The molecule has 0 aliphatic rings.